The van der Waals surface area contributed by atoms with Crippen LogP contribution in [0, 0.1) is 0 Å². The van der Waals surface area contributed by atoms with E-state index in [9.17, 15) is 9.59 Å². The molecule has 0 saturated heterocycles. The van der Waals surface area contributed by atoms with E-state index in [1.54, 1.807) is 35.4 Å². The summed E-state index contributed by atoms with van der Waals surface area (Å²) >= 11 is 18.5. The molecule has 33 heavy (non-hydrogen) atoms. The van der Waals surface area contributed by atoms with Gasteiger partial charge in [0.15, 0.2) is 0 Å². The number of aromatic nitrogens is 1. The lowest BCUT2D eigenvalue weighted by Gasteiger charge is -2.36. The molecule has 4 rings (SSSR count). The lowest BCUT2D eigenvalue weighted by Crippen LogP contribution is -2.43. The van der Waals surface area contributed by atoms with Crippen molar-refractivity contribution in [2.75, 3.05) is 11.9 Å². The predicted octanol–water partition coefficient (Wildman–Crippen LogP) is 6.39. The van der Waals surface area contributed by atoms with E-state index in [0.29, 0.717) is 36.5 Å². The number of nitrogens with one attached hydrogen (secondary N) is 1. The Morgan fingerprint density at radius 2 is 1.88 bits per heavy atom. The summed E-state index contributed by atoms with van der Waals surface area (Å²) < 4.78 is 5.56. The van der Waals surface area contributed by atoms with Gasteiger partial charge in [-0.15, -0.1) is 0 Å². The van der Waals surface area contributed by atoms with E-state index in [1.165, 1.54) is 0 Å². The molecule has 0 spiro atoms. The number of hydrogen-bond donors (Lipinski definition) is 1. The molecule has 2 aliphatic rings. The second-order valence-electron chi connectivity index (χ2n) is 9.28. The fourth-order valence-electron chi connectivity index (χ4n) is 4.42. The molecule has 0 fully saturated rings. The maximum atomic E-state index is 13.6. The summed E-state index contributed by atoms with van der Waals surface area (Å²) in [7, 11) is 0. The predicted molar refractivity (Wildman–Crippen MR) is 130 cm³/mol. The van der Waals surface area contributed by atoms with E-state index in [1.807, 2.05) is 26.8 Å². The third-order valence-electron chi connectivity index (χ3n) is 5.70. The van der Waals surface area contributed by atoms with Gasteiger partial charge in [0.1, 0.15) is 21.3 Å². The van der Waals surface area contributed by atoms with E-state index < -0.39 is 17.1 Å². The number of pyridine rings is 1. The van der Waals surface area contributed by atoms with Gasteiger partial charge in [0.25, 0.3) is 0 Å². The highest BCUT2D eigenvalue weighted by Gasteiger charge is 2.50. The van der Waals surface area contributed by atoms with Gasteiger partial charge in [-0.1, -0.05) is 40.9 Å². The minimum Gasteiger partial charge on any atom is -0.443 e. The number of fused-ring (bicyclic) bond motifs is 1. The van der Waals surface area contributed by atoms with Crippen molar-refractivity contribution in [3.63, 3.8) is 0 Å². The van der Waals surface area contributed by atoms with Crippen molar-refractivity contribution in [3.05, 3.63) is 68.6 Å². The highest BCUT2D eigenvalue weighted by atomic mass is 35.5. The second kappa shape index (κ2) is 8.82. The third-order valence-corrected chi connectivity index (χ3v) is 6.32. The first-order valence-electron chi connectivity index (χ1n) is 10.6. The van der Waals surface area contributed by atoms with Gasteiger partial charge in [-0.3, -0.25) is 9.69 Å². The number of halogens is 3. The number of anilines is 1. The Morgan fingerprint density at radius 3 is 2.55 bits per heavy atom. The number of hydrogen-bond acceptors (Lipinski definition) is 4. The first-order chi connectivity index (χ1) is 15.5. The normalized spacial score (nSPS) is 20.2. The third kappa shape index (κ3) is 4.84. The lowest BCUT2D eigenvalue weighted by molar-refractivity contribution is -0.119. The largest absolute Gasteiger partial charge is 0.443 e. The molecule has 0 bridgehead atoms. The van der Waals surface area contributed by atoms with Crippen molar-refractivity contribution in [1.82, 2.24) is 9.88 Å². The molecule has 1 atom stereocenters. The molecule has 2 aromatic rings. The van der Waals surface area contributed by atoms with Crippen LogP contribution in [0.5, 0.6) is 0 Å². The number of ether oxygens (including phenoxy) is 1. The molecule has 1 aromatic carbocycles. The Bertz CT molecular complexity index is 1140. The van der Waals surface area contributed by atoms with Crippen LogP contribution in [0.15, 0.2) is 42.1 Å². The molecule has 9 heteroatoms. The van der Waals surface area contributed by atoms with Crippen LogP contribution in [0.4, 0.5) is 10.5 Å². The Morgan fingerprint density at radius 1 is 1.18 bits per heavy atom. The van der Waals surface area contributed by atoms with Gasteiger partial charge in [0.2, 0.25) is 5.91 Å². The summed E-state index contributed by atoms with van der Waals surface area (Å²) in [6.45, 7) is 5.98. The van der Waals surface area contributed by atoms with E-state index in [-0.39, 0.29) is 16.2 Å². The van der Waals surface area contributed by atoms with Gasteiger partial charge in [-0.05, 0) is 81.0 Å². The molecule has 1 unspecified atom stereocenters. The maximum absolute atomic E-state index is 13.6. The Kier molecular flexibility index (Phi) is 6.38. The van der Waals surface area contributed by atoms with Crippen LogP contribution in [0.25, 0.3) is 0 Å². The Hall–Kier alpha value is -2.28. The van der Waals surface area contributed by atoms with Gasteiger partial charge < -0.3 is 10.1 Å². The van der Waals surface area contributed by atoms with Crippen LogP contribution in [0.1, 0.15) is 44.7 Å². The minimum absolute atomic E-state index is 0.193. The van der Waals surface area contributed by atoms with Crippen LogP contribution in [0.3, 0.4) is 0 Å². The fourth-order valence-corrected chi connectivity index (χ4v) is 5.10. The van der Waals surface area contributed by atoms with Crippen molar-refractivity contribution in [2.45, 2.75) is 51.0 Å². The summed E-state index contributed by atoms with van der Waals surface area (Å²) in [4.78, 5) is 32.0. The highest BCUT2D eigenvalue weighted by Crippen LogP contribution is 2.48. The molecule has 0 radical (unpaired) electrons. The zero-order valence-electron chi connectivity index (χ0n) is 18.5. The Balaban J connectivity index is 1.84. The molecule has 1 N–H and O–H groups in total. The number of benzene rings is 1. The average Bonchev–Trinajstić information content (AvgIpc) is 2.97. The molecule has 2 aliphatic heterocycles. The molecule has 6 nitrogen and oxygen atoms in total. The second-order valence-corrected chi connectivity index (χ2v) is 10.5. The molecule has 174 valence electrons. The van der Waals surface area contributed by atoms with Gasteiger partial charge in [-0.2, -0.15) is 0 Å². The van der Waals surface area contributed by atoms with Crippen LogP contribution in [0.2, 0.25) is 15.3 Å². The summed E-state index contributed by atoms with van der Waals surface area (Å²) in [6.07, 6.45) is 2.94. The fraction of sp³-hybridized carbons (Fsp3) is 0.375. The van der Waals surface area contributed by atoms with Gasteiger partial charge in [0.05, 0.1) is 0 Å². The SMILES string of the molecule is CC(C)(C)OC(=O)N1C=C(C2(Cc3cc(Cl)nc(Cl)c3)C(=O)Nc3cc(Cl)ccc32)CCC1. The molecular weight excluding hydrogens is 485 g/mol. The van der Waals surface area contributed by atoms with E-state index in [2.05, 4.69) is 10.3 Å². The molecule has 2 amide bonds. The van der Waals surface area contributed by atoms with Crippen LogP contribution < -0.4 is 5.32 Å². The zero-order chi connectivity index (χ0) is 24.0. The number of carbonyl (C=O) groups excluding carboxylic acids is 2. The zero-order valence-corrected chi connectivity index (χ0v) is 20.8. The molecule has 1 aromatic heterocycles. The maximum Gasteiger partial charge on any atom is 0.414 e. The summed E-state index contributed by atoms with van der Waals surface area (Å²) in [6, 6.07) is 8.75. The van der Waals surface area contributed by atoms with Crippen LogP contribution in [-0.4, -0.2) is 34.0 Å². The van der Waals surface area contributed by atoms with Crippen molar-refractivity contribution < 1.29 is 14.3 Å². The lowest BCUT2D eigenvalue weighted by atomic mass is 9.69. The van der Waals surface area contributed by atoms with Gasteiger partial charge in [0, 0.05) is 23.5 Å². The van der Waals surface area contributed by atoms with Crippen molar-refractivity contribution in [3.8, 4) is 0 Å². The van der Waals surface area contributed by atoms with E-state index in [0.717, 1.165) is 16.7 Å². The molecule has 0 aliphatic carbocycles. The summed E-state index contributed by atoms with van der Waals surface area (Å²) in [5.74, 6) is -0.193. The van der Waals surface area contributed by atoms with Crippen molar-refractivity contribution in [1.29, 1.82) is 0 Å². The minimum atomic E-state index is -1.06. The average molecular weight is 509 g/mol. The number of carbonyl (C=O) groups is 2. The van der Waals surface area contributed by atoms with Crippen molar-refractivity contribution in [2.24, 2.45) is 0 Å². The Labute approximate surface area is 207 Å². The van der Waals surface area contributed by atoms with Crippen LogP contribution in [-0.2, 0) is 21.4 Å². The van der Waals surface area contributed by atoms with E-state index in [4.69, 9.17) is 39.5 Å². The topological polar surface area (TPSA) is 71.5 Å². The summed E-state index contributed by atoms with van der Waals surface area (Å²) in [5, 5.41) is 3.99. The van der Waals surface area contributed by atoms with Crippen molar-refractivity contribution >= 4 is 52.5 Å². The van der Waals surface area contributed by atoms with Crippen LogP contribution >= 0.6 is 34.8 Å². The molecular formula is C24H24Cl3N3O3. The molecule has 3 heterocycles. The number of nitrogens with zero attached hydrogens (tertiary/aromatic N) is 2. The quantitative estimate of drug-likeness (QED) is 0.488. The summed E-state index contributed by atoms with van der Waals surface area (Å²) in [5.41, 5.74) is 1.32. The first kappa shape index (κ1) is 23.9. The van der Waals surface area contributed by atoms with Gasteiger partial charge in [-0.25, -0.2) is 9.78 Å². The first-order valence-corrected chi connectivity index (χ1v) is 11.8. The van der Waals surface area contributed by atoms with Gasteiger partial charge >= 0.3 is 6.09 Å². The number of rotatable bonds is 3. The smallest absolute Gasteiger partial charge is 0.414 e. The highest BCUT2D eigenvalue weighted by molar-refractivity contribution is 6.32. The standard InChI is InChI=1S/C24H24Cl3N3O3/c1-23(2,3)33-22(32)30-8-4-5-15(13-30)24(12-14-9-19(26)29-20(27)10-14)17-7-6-16(25)11-18(17)28-21(24)31/h6-7,9-11,13H,4-5,8,12H2,1-3H3,(H,28,31). The monoisotopic (exact) mass is 507 g/mol. The van der Waals surface area contributed by atoms with E-state index >= 15 is 0 Å². The number of amides is 2. The molecule has 0 saturated carbocycles.